The Morgan fingerprint density at radius 2 is 2.10 bits per heavy atom. The van der Waals surface area contributed by atoms with E-state index < -0.39 is 12.0 Å². The highest BCUT2D eigenvalue weighted by molar-refractivity contribution is 7.19. The molecule has 2 heterocycles. The number of carboxylic acid groups (broad SMARTS) is 1. The van der Waals surface area contributed by atoms with Gasteiger partial charge in [0.15, 0.2) is 0 Å². The molecule has 1 aliphatic rings. The van der Waals surface area contributed by atoms with Gasteiger partial charge in [0.05, 0.1) is 5.39 Å². The summed E-state index contributed by atoms with van der Waals surface area (Å²) in [4.78, 5) is 22.4. The van der Waals surface area contributed by atoms with Crippen molar-refractivity contribution in [3.05, 3.63) is 16.8 Å². The van der Waals surface area contributed by atoms with Gasteiger partial charge in [-0.3, -0.25) is 0 Å². The lowest BCUT2D eigenvalue weighted by atomic mass is 9.96. The van der Waals surface area contributed by atoms with Gasteiger partial charge in [-0.1, -0.05) is 13.8 Å². The van der Waals surface area contributed by atoms with E-state index in [1.165, 1.54) is 29.6 Å². The maximum atomic E-state index is 11.4. The minimum absolute atomic E-state index is 0.0121. The molecule has 6 heteroatoms. The first kappa shape index (κ1) is 14.3. The number of thiophene rings is 1. The Hall–Kier alpha value is -1.69. The average Bonchev–Trinajstić information content (AvgIpc) is 2.83. The molecule has 0 aliphatic heterocycles. The molecule has 5 nitrogen and oxygen atoms in total. The number of rotatable bonds is 4. The molecule has 3 rings (SSSR count). The highest BCUT2D eigenvalue weighted by Crippen LogP contribution is 2.38. The van der Waals surface area contributed by atoms with Crippen LogP contribution in [0.25, 0.3) is 10.2 Å². The summed E-state index contributed by atoms with van der Waals surface area (Å²) in [5.41, 5.74) is 1.32. The van der Waals surface area contributed by atoms with Gasteiger partial charge < -0.3 is 10.4 Å². The Bertz CT molecular complexity index is 681. The van der Waals surface area contributed by atoms with E-state index in [-0.39, 0.29) is 5.92 Å². The summed E-state index contributed by atoms with van der Waals surface area (Å²) in [5.74, 6) is -0.191. The van der Waals surface area contributed by atoms with Gasteiger partial charge >= 0.3 is 5.97 Å². The van der Waals surface area contributed by atoms with Crippen molar-refractivity contribution in [1.29, 1.82) is 0 Å². The molecule has 0 saturated carbocycles. The molecule has 112 valence electrons. The van der Waals surface area contributed by atoms with E-state index in [0.29, 0.717) is 5.82 Å². The second-order valence-corrected chi connectivity index (χ2v) is 6.90. The Labute approximate surface area is 127 Å². The molecule has 0 spiro atoms. The molecule has 2 N–H and O–H groups in total. The minimum atomic E-state index is -0.846. The molecule has 2 aromatic heterocycles. The van der Waals surface area contributed by atoms with Crippen LogP contribution >= 0.6 is 11.3 Å². The third-order valence-electron chi connectivity index (χ3n) is 3.98. The van der Waals surface area contributed by atoms with Crippen molar-refractivity contribution in [2.75, 3.05) is 5.32 Å². The van der Waals surface area contributed by atoms with Gasteiger partial charge in [0.1, 0.15) is 23.0 Å². The van der Waals surface area contributed by atoms with Crippen molar-refractivity contribution >= 4 is 33.3 Å². The monoisotopic (exact) mass is 305 g/mol. The highest BCUT2D eigenvalue weighted by atomic mass is 32.1. The molecule has 0 fully saturated rings. The fourth-order valence-electron chi connectivity index (χ4n) is 2.86. The zero-order valence-corrected chi connectivity index (χ0v) is 13.0. The first-order valence-electron chi connectivity index (χ1n) is 7.32. The molecule has 1 aliphatic carbocycles. The minimum Gasteiger partial charge on any atom is -0.480 e. The Morgan fingerprint density at radius 1 is 1.33 bits per heavy atom. The lowest BCUT2D eigenvalue weighted by Gasteiger charge is -2.19. The van der Waals surface area contributed by atoms with E-state index in [4.69, 9.17) is 0 Å². The number of carbonyl (C=O) groups is 1. The molecule has 0 aromatic carbocycles. The van der Waals surface area contributed by atoms with Crippen LogP contribution in [0.15, 0.2) is 6.33 Å². The first-order valence-corrected chi connectivity index (χ1v) is 8.14. The normalized spacial score (nSPS) is 16.0. The van der Waals surface area contributed by atoms with Crippen molar-refractivity contribution in [2.45, 2.75) is 45.6 Å². The highest BCUT2D eigenvalue weighted by Gasteiger charge is 2.25. The maximum Gasteiger partial charge on any atom is 0.326 e. The van der Waals surface area contributed by atoms with Crippen LogP contribution in [-0.4, -0.2) is 27.1 Å². The van der Waals surface area contributed by atoms with Crippen molar-refractivity contribution in [3.63, 3.8) is 0 Å². The van der Waals surface area contributed by atoms with Crippen molar-refractivity contribution in [3.8, 4) is 0 Å². The number of fused-ring (bicyclic) bond motifs is 3. The van der Waals surface area contributed by atoms with Crippen molar-refractivity contribution in [2.24, 2.45) is 5.92 Å². The van der Waals surface area contributed by atoms with Crippen molar-refractivity contribution < 1.29 is 9.90 Å². The Balaban J connectivity index is 2.06. The summed E-state index contributed by atoms with van der Waals surface area (Å²) in [6.07, 6.45) is 6.06. The number of anilines is 1. The molecule has 1 atom stereocenters. The van der Waals surface area contributed by atoms with Crippen LogP contribution in [-0.2, 0) is 17.6 Å². The number of hydrogen-bond acceptors (Lipinski definition) is 5. The van der Waals surface area contributed by atoms with E-state index in [2.05, 4.69) is 15.3 Å². The summed E-state index contributed by atoms with van der Waals surface area (Å²) in [7, 11) is 0. The molecule has 2 aromatic rings. The van der Waals surface area contributed by atoms with Gasteiger partial charge in [-0.2, -0.15) is 0 Å². The quantitative estimate of drug-likeness (QED) is 0.908. The maximum absolute atomic E-state index is 11.4. The predicted molar refractivity (Wildman–Crippen MR) is 83.9 cm³/mol. The zero-order valence-electron chi connectivity index (χ0n) is 12.2. The number of nitrogens with one attached hydrogen (secondary N) is 1. The SMILES string of the molecule is CC(C)[C@@H](Nc1ncnc2sc3c(c12)CCCC3)C(=O)O. The first-order chi connectivity index (χ1) is 10.1. The van der Waals surface area contributed by atoms with Crippen LogP contribution in [0.2, 0.25) is 0 Å². The van der Waals surface area contributed by atoms with Crippen LogP contribution < -0.4 is 5.32 Å². The molecule has 0 unspecified atom stereocenters. The third-order valence-corrected chi connectivity index (χ3v) is 5.18. The van der Waals surface area contributed by atoms with E-state index in [1.807, 2.05) is 13.8 Å². The van der Waals surface area contributed by atoms with E-state index in [9.17, 15) is 9.90 Å². The molecule has 21 heavy (non-hydrogen) atoms. The molecular formula is C15H19N3O2S. The fourth-order valence-corrected chi connectivity index (χ4v) is 4.09. The topological polar surface area (TPSA) is 75.1 Å². The fraction of sp³-hybridized carbons (Fsp3) is 0.533. The summed E-state index contributed by atoms with van der Waals surface area (Å²) in [6, 6.07) is -0.637. The van der Waals surface area contributed by atoms with Gasteiger partial charge in [0.2, 0.25) is 0 Å². The summed E-state index contributed by atoms with van der Waals surface area (Å²) >= 11 is 1.72. The van der Waals surface area contributed by atoms with Gasteiger partial charge in [-0.15, -0.1) is 11.3 Å². The second kappa shape index (κ2) is 5.60. The lowest BCUT2D eigenvalue weighted by molar-refractivity contribution is -0.138. The Morgan fingerprint density at radius 3 is 2.81 bits per heavy atom. The van der Waals surface area contributed by atoms with Crippen LogP contribution in [0.4, 0.5) is 5.82 Å². The van der Waals surface area contributed by atoms with E-state index in [0.717, 1.165) is 23.1 Å². The number of hydrogen-bond donors (Lipinski definition) is 2. The standard InChI is InChI=1S/C15H19N3O2S/c1-8(2)12(15(19)20)18-13-11-9-5-3-4-6-10(9)21-14(11)17-7-16-13/h7-8,12H,3-6H2,1-2H3,(H,19,20)(H,16,17,18)/t12-/m1/s1. The van der Waals surface area contributed by atoms with Gasteiger partial charge in [0.25, 0.3) is 0 Å². The molecule has 0 amide bonds. The number of aryl methyl sites for hydroxylation is 2. The smallest absolute Gasteiger partial charge is 0.326 e. The Kier molecular flexibility index (Phi) is 3.80. The molecule has 0 radical (unpaired) electrons. The van der Waals surface area contributed by atoms with Crippen LogP contribution in [0.1, 0.15) is 37.1 Å². The summed E-state index contributed by atoms with van der Waals surface area (Å²) in [6.45, 7) is 3.79. The van der Waals surface area contributed by atoms with Gasteiger partial charge in [0, 0.05) is 4.88 Å². The average molecular weight is 305 g/mol. The summed E-state index contributed by atoms with van der Waals surface area (Å²) < 4.78 is 0. The van der Waals surface area contributed by atoms with Crippen LogP contribution in [0.3, 0.4) is 0 Å². The lowest BCUT2D eigenvalue weighted by Crippen LogP contribution is -2.34. The zero-order chi connectivity index (χ0) is 15.0. The summed E-state index contributed by atoms with van der Waals surface area (Å²) in [5, 5.41) is 13.5. The molecular weight excluding hydrogens is 286 g/mol. The third kappa shape index (κ3) is 2.60. The molecule has 0 bridgehead atoms. The van der Waals surface area contributed by atoms with Gasteiger partial charge in [-0.05, 0) is 37.2 Å². The van der Waals surface area contributed by atoms with E-state index in [1.54, 1.807) is 11.3 Å². The van der Waals surface area contributed by atoms with Crippen LogP contribution in [0.5, 0.6) is 0 Å². The van der Waals surface area contributed by atoms with Crippen molar-refractivity contribution in [1.82, 2.24) is 9.97 Å². The van der Waals surface area contributed by atoms with Crippen LogP contribution in [0, 0.1) is 5.92 Å². The number of carboxylic acids is 1. The second-order valence-electron chi connectivity index (χ2n) is 5.82. The predicted octanol–water partition coefficient (Wildman–Crippen LogP) is 3.09. The number of aliphatic carboxylic acids is 1. The number of aromatic nitrogens is 2. The van der Waals surface area contributed by atoms with E-state index >= 15 is 0 Å². The molecule has 0 saturated heterocycles. The number of nitrogens with zero attached hydrogens (tertiary/aromatic N) is 2. The van der Waals surface area contributed by atoms with Gasteiger partial charge in [-0.25, -0.2) is 14.8 Å². The largest absolute Gasteiger partial charge is 0.480 e.